The summed E-state index contributed by atoms with van der Waals surface area (Å²) in [5.74, 6) is 0. The fourth-order valence-electron chi connectivity index (χ4n) is 5.11. The first kappa shape index (κ1) is 30.4. The Hall–Kier alpha value is -1.10. The standard InChI is InChI=1S/C29H56N8/c1-10-30-14-3-22-36(23-4-15-33-19-17-31-11-1)26-28-6-8-29(9-7-28)27-37-24-5-16-34-20-18-32-12-2-13-35-21-25-37/h6-9,30-35H,1-5,10-27H2. The molecule has 8 heteroatoms. The molecule has 0 aromatic heterocycles. The summed E-state index contributed by atoms with van der Waals surface area (Å²) in [6.07, 6.45) is 6.03. The summed E-state index contributed by atoms with van der Waals surface area (Å²) in [5.41, 5.74) is 2.87. The molecule has 0 saturated carbocycles. The lowest BCUT2D eigenvalue weighted by molar-refractivity contribution is 0.256. The van der Waals surface area contributed by atoms with Crippen LogP contribution < -0.4 is 31.9 Å². The fraction of sp³-hybridized carbons (Fsp3) is 0.793. The highest BCUT2D eigenvalue weighted by Crippen LogP contribution is 2.11. The molecule has 0 unspecified atom stereocenters. The molecule has 2 saturated heterocycles. The second-order valence-electron chi connectivity index (χ2n) is 10.6. The van der Waals surface area contributed by atoms with Crippen LogP contribution in [0.1, 0.15) is 43.2 Å². The molecule has 37 heavy (non-hydrogen) atoms. The third-order valence-corrected chi connectivity index (χ3v) is 7.30. The number of nitrogens with zero attached hydrogens (tertiary/aromatic N) is 2. The van der Waals surface area contributed by atoms with Crippen LogP contribution in [0.3, 0.4) is 0 Å². The molecule has 0 spiro atoms. The van der Waals surface area contributed by atoms with E-state index in [9.17, 15) is 0 Å². The van der Waals surface area contributed by atoms with E-state index in [0.717, 1.165) is 118 Å². The van der Waals surface area contributed by atoms with Crippen LogP contribution in [-0.4, -0.2) is 115 Å². The van der Waals surface area contributed by atoms with Crippen molar-refractivity contribution in [2.45, 2.75) is 45.2 Å². The smallest absolute Gasteiger partial charge is 0.0234 e. The van der Waals surface area contributed by atoms with Crippen LogP contribution in [0, 0.1) is 0 Å². The Morgan fingerprint density at radius 3 is 1.14 bits per heavy atom. The van der Waals surface area contributed by atoms with Crippen molar-refractivity contribution in [3.63, 3.8) is 0 Å². The second-order valence-corrected chi connectivity index (χ2v) is 10.6. The van der Waals surface area contributed by atoms with Crippen LogP contribution in [0.25, 0.3) is 0 Å². The van der Waals surface area contributed by atoms with E-state index in [-0.39, 0.29) is 0 Å². The van der Waals surface area contributed by atoms with Crippen molar-refractivity contribution in [3.8, 4) is 0 Å². The number of hydrogen-bond acceptors (Lipinski definition) is 8. The van der Waals surface area contributed by atoms with E-state index in [2.05, 4.69) is 66.0 Å². The normalized spacial score (nSPS) is 22.9. The van der Waals surface area contributed by atoms with Crippen molar-refractivity contribution in [1.29, 1.82) is 0 Å². The average Bonchev–Trinajstić information content (AvgIpc) is 2.92. The molecule has 0 bridgehead atoms. The number of benzene rings is 1. The summed E-state index contributed by atoms with van der Waals surface area (Å²) >= 11 is 0. The summed E-state index contributed by atoms with van der Waals surface area (Å²) < 4.78 is 0. The van der Waals surface area contributed by atoms with E-state index in [1.807, 2.05) is 0 Å². The Morgan fingerprint density at radius 1 is 0.378 bits per heavy atom. The molecule has 0 amide bonds. The molecule has 2 heterocycles. The molecule has 8 nitrogen and oxygen atoms in total. The molecule has 6 N–H and O–H groups in total. The first-order valence-corrected chi connectivity index (χ1v) is 15.2. The first-order valence-electron chi connectivity index (χ1n) is 15.2. The van der Waals surface area contributed by atoms with Gasteiger partial charge in [0, 0.05) is 52.4 Å². The van der Waals surface area contributed by atoms with E-state index >= 15 is 0 Å². The van der Waals surface area contributed by atoms with Gasteiger partial charge in [0.25, 0.3) is 0 Å². The van der Waals surface area contributed by atoms with E-state index < -0.39 is 0 Å². The Kier molecular flexibility index (Phi) is 17.1. The molecule has 1 aromatic rings. The molecular weight excluding hydrogens is 460 g/mol. The second kappa shape index (κ2) is 20.8. The number of rotatable bonds is 4. The summed E-state index contributed by atoms with van der Waals surface area (Å²) in [5, 5.41) is 21.5. The van der Waals surface area contributed by atoms with Crippen molar-refractivity contribution in [3.05, 3.63) is 35.4 Å². The summed E-state index contributed by atoms with van der Waals surface area (Å²) in [6.45, 7) is 19.8. The lowest BCUT2D eigenvalue weighted by Gasteiger charge is -2.24. The maximum Gasteiger partial charge on any atom is 0.0234 e. The Bertz CT molecular complexity index is 626. The number of hydrogen-bond donors (Lipinski definition) is 6. The average molecular weight is 517 g/mol. The highest BCUT2D eigenvalue weighted by Gasteiger charge is 2.09. The zero-order valence-corrected chi connectivity index (χ0v) is 23.5. The maximum absolute atomic E-state index is 3.63. The van der Waals surface area contributed by atoms with Gasteiger partial charge in [0.05, 0.1) is 0 Å². The zero-order valence-electron chi connectivity index (χ0n) is 23.5. The minimum Gasteiger partial charge on any atom is -0.317 e. The quantitative estimate of drug-likeness (QED) is 0.351. The molecule has 0 radical (unpaired) electrons. The molecule has 2 fully saturated rings. The number of nitrogens with one attached hydrogen (secondary N) is 6. The monoisotopic (exact) mass is 516 g/mol. The minimum atomic E-state index is 1.04. The first-order chi connectivity index (χ1) is 18.4. The van der Waals surface area contributed by atoms with Gasteiger partial charge in [-0.15, -0.1) is 0 Å². The fourth-order valence-corrected chi connectivity index (χ4v) is 5.11. The van der Waals surface area contributed by atoms with Crippen LogP contribution in [0.2, 0.25) is 0 Å². The summed E-state index contributed by atoms with van der Waals surface area (Å²) in [6, 6.07) is 9.46. The lowest BCUT2D eigenvalue weighted by atomic mass is 10.1. The van der Waals surface area contributed by atoms with Crippen molar-refractivity contribution in [1.82, 2.24) is 41.7 Å². The Labute approximate surface area is 227 Å². The van der Waals surface area contributed by atoms with Gasteiger partial charge in [-0.05, 0) is 109 Å². The van der Waals surface area contributed by atoms with E-state index in [0.29, 0.717) is 0 Å². The SMILES string of the molecule is c1cc(CN2CCCNCCNCCCNCC2)ccc1CN1CCCNCCCNCCNCCC1. The maximum atomic E-state index is 3.63. The predicted octanol–water partition coefficient (Wildman–Crippen LogP) is 0.806. The Balaban J connectivity index is 1.45. The van der Waals surface area contributed by atoms with Gasteiger partial charge < -0.3 is 31.9 Å². The molecule has 0 aliphatic carbocycles. The molecular formula is C29H56N8. The van der Waals surface area contributed by atoms with Crippen LogP contribution in [0.5, 0.6) is 0 Å². The highest BCUT2D eigenvalue weighted by atomic mass is 15.1. The molecule has 2 aliphatic rings. The minimum absolute atomic E-state index is 1.04. The van der Waals surface area contributed by atoms with E-state index in [4.69, 9.17) is 0 Å². The van der Waals surface area contributed by atoms with Gasteiger partial charge in [-0.1, -0.05) is 24.3 Å². The largest absolute Gasteiger partial charge is 0.317 e. The van der Waals surface area contributed by atoms with Crippen molar-refractivity contribution >= 4 is 0 Å². The predicted molar refractivity (Wildman–Crippen MR) is 157 cm³/mol. The Morgan fingerprint density at radius 2 is 0.703 bits per heavy atom. The molecule has 1 aromatic carbocycles. The third kappa shape index (κ3) is 15.2. The van der Waals surface area contributed by atoms with Gasteiger partial charge in [0.2, 0.25) is 0 Å². The molecule has 3 rings (SSSR count). The topological polar surface area (TPSA) is 78.7 Å². The van der Waals surface area contributed by atoms with Crippen molar-refractivity contribution in [2.75, 3.05) is 105 Å². The third-order valence-electron chi connectivity index (χ3n) is 7.30. The molecule has 0 atom stereocenters. The summed E-state index contributed by atoms with van der Waals surface area (Å²) in [7, 11) is 0. The van der Waals surface area contributed by atoms with Gasteiger partial charge in [0.1, 0.15) is 0 Å². The van der Waals surface area contributed by atoms with E-state index in [1.54, 1.807) is 0 Å². The van der Waals surface area contributed by atoms with Crippen LogP contribution in [0.15, 0.2) is 24.3 Å². The van der Waals surface area contributed by atoms with Crippen LogP contribution in [-0.2, 0) is 13.1 Å². The zero-order chi connectivity index (χ0) is 25.6. The van der Waals surface area contributed by atoms with E-state index in [1.165, 1.54) is 43.2 Å². The molecule has 2 aliphatic heterocycles. The highest BCUT2D eigenvalue weighted by molar-refractivity contribution is 5.22. The van der Waals surface area contributed by atoms with Gasteiger partial charge in [0.15, 0.2) is 0 Å². The van der Waals surface area contributed by atoms with Gasteiger partial charge in [-0.2, -0.15) is 0 Å². The van der Waals surface area contributed by atoms with Gasteiger partial charge in [-0.25, -0.2) is 0 Å². The van der Waals surface area contributed by atoms with Crippen LogP contribution >= 0.6 is 0 Å². The van der Waals surface area contributed by atoms with Crippen molar-refractivity contribution < 1.29 is 0 Å². The van der Waals surface area contributed by atoms with Crippen molar-refractivity contribution in [2.24, 2.45) is 0 Å². The van der Waals surface area contributed by atoms with Gasteiger partial charge >= 0.3 is 0 Å². The van der Waals surface area contributed by atoms with Gasteiger partial charge in [-0.3, -0.25) is 9.80 Å². The van der Waals surface area contributed by atoms with Crippen LogP contribution in [0.4, 0.5) is 0 Å². The lowest BCUT2D eigenvalue weighted by Crippen LogP contribution is -2.36. The molecule has 212 valence electrons. The summed E-state index contributed by atoms with van der Waals surface area (Å²) in [4.78, 5) is 5.26.